The average molecular weight is 589 g/mol. The maximum Gasteiger partial charge on any atom is 0.211 e. The summed E-state index contributed by atoms with van der Waals surface area (Å²) in [5, 5.41) is 34.3. The number of carbonyl (C=O) groups is 2. The topological polar surface area (TPSA) is 131 Å². The monoisotopic (exact) mass is 587 g/mol. The molecule has 1 saturated heterocycles. The standard InChI is InChI=1S/C17H15Cl2FN2O.C6H14O.C5H11NO3/c18-11-3-1-2-10(4-11)13-7-21-8-14(13)12-5-16(20)15(19)6-17(12)22-9-23;1-6(2,3)4-5-7;7-3-5(9)1-2-6-4-8/h1-6,9,13-14,21H,7-8H2,(H,22,23);7H,4-5H2,1-3H3;4-5,7,9H,1-3H2,(H,6,8)/t13-,14+;;5-/m1.0/s1. The summed E-state index contributed by atoms with van der Waals surface area (Å²) < 4.78 is 14.0. The molecule has 39 heavy (non-hydrogen) atoms. The average Bonchev–Trinajstić information content (AvgIpc) is 3.36. The minimum Gasteiger partial charge on any atom is -0.396 e. The molecule has 0 bridgehead atoms. The molecule has 1 aliphatic heterocycles. The number of aliphatic hydroxyl groups is 3. The van der Waals surface area contributed by atoms with Crippen LogP contribution in [0.15, 0.2) is 36.4 Å². The third-order valence-corrected chi connectivity index (χ3v) is 6.50. The maximum absolute atomic E-state index is 14.0. The number of anilines is 1. The minimum absolute atomic E-state index is 0.0108. The molecule has 218 valence electrons. The van der Waals surface area contributed by atoms with Gasteiger partial charge < -0.3 is 31.3 Å². The molecule has 0 aliphatic carbocycles. The molecule has 3 rings (SSSR count). The van der Waals surface area contributed by atoms with E-state index in [2.05, 4.69) is 36.7 Å². The second-order valence-corrected chi connectivity index (χ2v) is 11.1. The number of rotatable bonds is 10. The van der Waals surface area contributed by atoms with Crippen molar-refractivity contribution in [3.8, 4) is 0 Å². The third kappa shape index (κ3) is 13.1. The van der Waals surface area contributed by atoms with Gasteiger partial charge in [0.05, 0.1) is 17.7 Å². The lowest BCUT2D eigenvalue weighted by atomic mass is 9.83. The van der Waals surface area contributed by atoms with E-state index in [0.29, 0.717) is 55.1 Å². The third-order valence-electron chi connectivity index (χ3n) is 5.98. The molecule has 0 spiro atoms. The van der Waals surface area contributed by atoms with Gasteiger partial charge in [0.25, 0.3) is 0 Å². The molecule has 6 N–H and O–H groups in total. The molecule has 0 radical (unpaired) electrons. The van der Waals surface area contributed by atoms with Crippen LogP contribution in [0.5, 0.6) is 0 Å². The van der Waals surface area contributed by atoms with Crippen molar-refractivity contribution in [1.29, 1.82) is 0 Å². The van der Waals surface area contributed by atoms with E-state index in [1.54, 1.807) is 0 Å². The van der Waals surface area contributed by atoms with Crippen molar-refractivity contribution in [1.82, 2.24) is 10.6 Å². The first-order chi connectivity index (χ1) is 18.5. The highest BCUT2D eigenvalue weighted by Gasteiger charge is 2.32. The molecule has 1 aliphatic rings. The van der Waals surface area contributed by atoms with Gasteiger partial charge in [-0.25, -0.2) is 4.39 Å². The minimum atomic E-state index is -0.711. The zero-order chi connectivity index (χ0) is 29.4. The highest BCUT2D eigenvalue weighted by molar-refractivity contribution is 6.31. The Morgan fingerprint density at radius 2 is 1.79 bits per heavy atom. The van der Waals surface area contributed by atoms with Crippen LogP contribution in [0, 0.1) is 11.2 Å². The van der Waals surface area contributed by atoms with Crippen LogP contribution in [-0.2, 0) is 9.59 Å². The zero-order valence-corrected chi connectivity index (χ0v) is 24.1. The molecule has 8 nitrogen and oxygen atoms in total. The van der Waals surface area contributed by atoms with Crippen molar-refractivity contribution in [2.75, 3.05) is 38.2 Å². The Kier molecular flexibility index (Phi) is 16.2. The Hall–Kier alpha value is -2.27. The summed E-state index contributed by atoms with van der Waals surface area (Å²) in [5.41, 5.74) is 2.65. The summed E-state index contributed by atoms with van der Waals surface area (Å²) in [7, 11) is 0. The summed E-state index contributed by atoms with van der Waals surface area (Å²) in [6.45, 7) is 8.26. The largest absolute Gasteiger partial charge is 0.396 e. The van der Waals surface area contributed by atoms with E-state index in [1.165, 1.54) is 12.1 Å². The fourth-order valence-corrected chi connectivity index (χ4v) is 4.25. The van der Waals surface area contributed by atoms with Crippen molar-refractivity contribution in [3.63, 3.8) is 0 Å². The Labute approximate surface area is 239 Å². The zero-order valence-electron chi connectivity index (χ0n) is 22.6. The normalized spacial score (nSPS) is 17.2. The number of hydrogen-bond donors (Lipinski definition) is 6. The van der Waals surface area contributed by atoms with Crippen molar-refractivity contribution >= 4 is 41.7 Å². The number of hydrogen-bond acceptors (Lipinski definition) is 6. The van der Waals surface area contributed by atoms with Gasteiger partial charge in [0.1, 0.15) is 5.82 Å². The van der Waals surface area contributed by atoms with Gasteiger partial charge in [-0.3, -0.25) is 9.59 Å². The van der Waals surface area contributed by atoms with Crippen molar-refractivity contribution in [2.45, 2.75) is 51.6 Å². The van der Waals surface area contributed by atoms with Crippen molar-refractivity contribution < 1.29 is 29.3 Å². The van der Waals surface area contributed by atoms with Crippen LogP contribution in [0.2, 0.25) is 10.0 Å². The predicted molar refractivity (Wildman–Crippen MR) is 154 cm³/mol. The summed E-state index contributed by atoms with van der Waals surface area (Å²) >= 11 is 11.9. The van der Waals surface area contributed by atoms with E-state index in [1.807, 2.05) is 24.3 Å². The molecule has 2 aromatic carbocycles. The van der Waals surface area contributed by atoms with Gasteiger partial charge in [-0.05, 0) is 53.6 Å². The number of halogens is 3. The second-order valence-electron chi connectivity index (χ2n) is 10.3. The Morgan fingerprint density at radius 3 is 2.33 bits per heavy atom. The lowest BCUT2D eigenvalue weighted by Crippen LogP contribution is -2.21. The summed E-state index contributed by atoms with van der Waals surface area (Å²) in [4.78, 5) is 20.5. The SMILES string of the molecule is CC(C)(C)CCO.O=CNCC[C@H](O)CO.O=CNc1cc(Cl)c(F)cc1[C@@H]1CNC[C@@H]1c1cccc(Cl)c1. The first-order valence-corrected chi connectivity index (χ1v) is 13.4. The van der Waals surface area contributed by atoms with E-state index in [4.69, 9.17) is 38.5 Å². The molecule has 3 atom stereocenters. The Morgan fingerprint density at radius 1 is 1.10 bits per heavy atom. The Balaban J connectivity index is 0.000000393. The molecule has 0 unspecified atom stereocenters. The second kappa shape index (κ2) is 18.1. The number of benzene rings is 2. The molecule has 11 heteroatoms. The van der Waals surface area contributed by atoms with E-state index in [0.717, 1.165) is 24.1 Å². The van der Waals surface area contributed by atoms with Crippen LogP contribution in [0.25, 0.3) is 0 Å². The quantitative estimate of drug-likeness (QED) is 0.183. The van der Waals surface area contributed by atoms with Crippen LogP contribution < -0.4 is 16.0 Å². The smallest absolute Gasteiger partial charge is 0.211 e. The van der Waals surface area contributed by atoms with Crippen LogP contribution >= 0.6 is 23.2 Å². The number of nitrogens with one attached hydrogen (secondary N) is 3. The van der Waals surface area contributed by atoms with E-state index in [-0.39, 0.29) is 23.5 Å². The number of aliphatic hydroxyl groups excluding tert-OH is 3. The van der Waals surface area contributed by atoms with Crippen LogP contribution in [0.1, 0.15) is 56.6 Å². The van der Waals surface area contributed by atoms with Gasteiger partial charge in [0, 0.05) is 48.8 Å². The summed E-state index contributed by atoms with van der Waals surface area (Å²) in [6, 6.07) is 10.5. The summed E-state index contributed by atoms with van der Waals surface area (Å²) in [6.07, 6.45) is 1.72. The van der Waals surface area contributed by atoms with E-state index < -0.39 is 11.9 Å². The molecular formula is C28H40Cl2FN3O5. The van der Waals surface area contributed by atoms with Crippen molar-refractivity contribution in [2.24, 2.45) is 5.41 Å². The molecule has 2 aromatic rings. The van der Waals surface area contributed by atoms with E-state index >= 15 is 0 Å². The van der Waals surface area contributed by atoms with Gasteiger partial charge in [-0.15, -0.1) is 0 Å². The predicted octanol–water partition coefficient (Wildman–Crippen LogP) is 4.06. The van der Waals surface area contributed by atoms with Crippen LogP contribution in [-0.4, -0.2) is 67.1 Å². The first-order valence-electron chi connectivity index (χ1n) is 12.7. The highest BCUT2D eigenvalue weighted by atomic mass is 35.5. The lowest BCUT2D eigenvalue weighted by Gasteiger charge is -2.22. The molecule has 1 heterocycles. The van der Waals surface area contributed by atoms with Crippen LogP contribution in [0.3, 0.4) is 0 Å². The first kappa shape index (κ1) is 34.8. The van der Waals surface area contributed by atoms with Crippen LogP contribution in [0.4, 0.5) is 10.1 Å². The molecule has 1 fully saturated rings. The molecule has 2 amide bonds. The molecular weight excluding hydrogens is 548 g/mol. The van der Waals surface area contributed by atoms with Gasteiger partial charge in [-0.1, -0.05) is 56.1 Å². The summed E-state index contributed by atoms with van der Waals surface area (Å²) in [5.74, 6) is -0.334. The number of carbonyl (C=O) groups excluding carboxylic acids is 2. The van der Waals surface area contributed by atoms with Gasteiger partial charge in [0.2, 0.25) is 12.8 Å². The number of amides is 2. The maximum atomic E-state index is 14.0. The van der Waals surface area contributed by atoms with Gasteiger partial charge in [0.15, 0.2) is 0 Å². The lowest BCUT2D eigenvalue weighted by molar-refractivity contribution is -0.109. The van der Waals surface area contributed by atoms with Gasteiger partial charge >= 0.3 is 0 Å². The fourth-order valence-electron chi connectivity index (χ4n) is 3.89. The molecule has 0 saturated carbocycles. The Bertz CT molecular complexity index is 1020. The molecule has 0 aromatic heterocycles. The van der Waals surface area contributed by atoms with E-state index in [9.17, 15) is 14.0 Å². The van der Waals surface area contributed by atoms with Crippen molar-refractivity contribution in [3.05, 3.63) is 63.4 Å². The fraction of sp³-hybridized carbons (Fsp3) is 0.500. The van der Waals surface area contributed by atoms with Gasteiger partial charge in [-0.2, -0.15) is 0 Å². The highest BCUT2D eigenvalue weighted by Crippen LogP contribution is 2.41.